The van der Waals surface area contributed by atoms with E-state index in [9.17, 15) is 14.7 Å². The van der Waals surface area contributed by atoms with Gasteiger partial charge in [0.15, 0.2) is 0 Å². The minimum Gasteiger partial charge on any atom is -0.390 e. The molecule has 3 N–H and O–H groups in total. The van der Waals surface area contributed by atoms with Gasteiger partial charge in [-0.15, -0.1) is 0 Å². The molecule has 1 aliphatic rings. The highest BCUT2D eigenvalue weighted by molar-refractivity contribution is 6.21. The van der Waals surface area contributed by atoms with E-state index in [-0.39, 0.29) is 6.54 Å². The number of fused-ring (bicyclic) bond motifs is 1. The number of hydrogen-bond donors (Lipinski definition) is 2. The average molecular weight is 354 g/mol. The lowest BCUT2D eigenvalue weighted by atomic mass is 10.1. The molecule has 1 aliphatic heterocycles. The number of nitrogens with zero attached hydrogens (tertiary/aromatic N) is 1. The summed E-state index contributed by atoms with van der Waals surface area (Å²) in [6.07, 6.45) is -0.575. The summed E-state index contributed by atoms with van der Waals surface area (Å²) in [5.74, 6) is -0.783. The molecular weight excluding hydrogens is 332 g/mol. The fourth-order valence-corrected chi connectivity index (χ4v) is 2.90. The second-order valence-electron chi connectivity index (χ2n) is 6.32. The number of benzene rings is 2. The molecule has 26 heavy (non-hydrogen) atoms. The van der Waals surface area contributed by atoms with Crippen LogP contribution in [0.5, 0.6) is 0 Å². The van der Waals surface area contributed by atoms with Crippen LogP contribution >= 0.6 is 0 Å². The lowest BCUT2D eigenvalue weighted by Gasteiger charge is -2.23. The number of rotatable bonds is 8. The van der Waals surface area contributed by atoms with Gasteiger partial charge >= 0.3 is 0 Å². The van der Waals surface area contributed by atoms with Crippen molar-refractivity contribution in [3.8, 4) is 0 Å². The Morgan fingerprint density at radius 1 is 0.962 bits per heavy atom. The largest absolute Gasteiger partial charge is 0.390 e. The van der Waals surface area contributed by atoms with Gasteiger partial charge in [0.1, 0.15) is 0 Å². The van der Waals surface area contributed by atoms with E-state index in [0.717, 1.165) is 10.5 Å². The normalized spacial score (nSPS) is 15.8. The van der Waals surface area contributed by atoms with Crippen LogP contribution in [0.1, 0.15) is 32.7 Å². The summed E-state index contributed by atoms with van der Waals surface area (Å²) in [4.78, 5) is 25.7. The molecule has 2 unspecified atom stereocenters. The maximum atomic E-state index is 12.3. The first-order valence-corrected chi connectivity index (χ1v) is 8.58. The molecule has 0 bridgehead atoms. The summed E-state index contributed by atoms with van der Waals surface area (Å²) in [5, 5.41) is 10.3. The van der Waals surface area contributed by atoms with Gasteiger partial charge in [-0.1, -0.05) is 42.5 Å². The van der Waals surface area contributed by atoms with Crippen LogP contribution in [0.25, 0.3) is 0 Å². The molecule has 6 heteroatoms. The predicted molar refractivity (Wildman–Crippen MR) is 96.5 cm³/mol. The van der Waals surface area contributed by atoms with Crippen molar-refractivity contribution >= 4 is 11.8 Å². The smallest absolute Gasteiger partial charge is 0.261 e. The predicted octanol–water partition coefficient (Wildman–Crippen LogP) is 1.58. The molecule has 2 amide bonds. The number of carbonyl (C=O) groups excluding carboxylic acids is 2. The summed E-state index contributed by atoms with van der Waals surface area (Å²) in [6.45, 7) is 0.740. The fraction of sp³-hybridized carbons (Fsp3) is 0.300. The molecule has 0 fully saturated rings. The van der Waals surface area contributed by atoms with Crippen molar-refractivity contribution in [2.24, 2.45) is 5.73 Å². The Labute approximate surface area is 152 Å². The van der Waals surface area contributed by atoms with E-state index >= 15 is 0 Å². The summed E-state index contributed by atoms with van der Waals surface area (Å²) < 4.78 is 5.56. The zero-order valence-corrected chi connectivity index (χ0v) is 14.4. The minimum absolute atomic E-state index is 0.119. The van der Waals surface area contributed by atoms with Gasteiger partial charge in [0, 0.05) is 12.6 Å². The molecular formula is C20H22N2O4. The summed E-state index contributed by atoms with van der Waals surface area (Å²) in [6, 6.07) is 15.8. The number of aliphatic hydroxyl groups is 1. The number of aliphatic hydroxyl groups excluding tert-OH is 1. The second-order valence-corrected chi connectivity index (χ2v) is 6.32. The minimum atomic E-state index is -1.00. The molecule has 1 heterocycles. The lowest BCUT2D eigenvalue weighted by Crippen LogP contribution is -2.45. The van der Waals surface area contributed by atoms with Crippen molar-refractivity contribution < 1.29 is 19.4 Å². The number of carbonyl (C=O) groups is 2. The second kappa shape index (κ2) is 8.23. The van der Waals surface area contributed by atoms with Crippen molar-refractivity contribution in [2.75, 3.05) is 13.2 Å². The Kier molecular flexibility index (Phi) is 5.78. The molecule has 136 valence electrons. The highest BCUT2D eigenvalue weighted by Gasteiger charge is 2.36. The average Bonchev–Trinajstić information content (AvgIpc) is 2.91. The number of ether oxygens (including phenoxy) is 1. The SMILES string of the molecule is NC(CCOCc1ccccc1)C(O)CN1C(=O)c2ccccc2C1=O. The van der Waals surface area contributed by atoms with Crippen molar-refractivity contribution in [2.45, 2.75) is 25.2 Å². The molecule has 0 saturated carbocycles. The Balaban J connectivity index is 1.47. The van der Waals surface area contributed by atoms with Crippen LogP contribution in [0.2, 0.25) is 0 Å². The van der Waals surface area contributed by atoms with Gasteiger partial charge in [-0.05, 0) is 24.1 Å². The van der Waals surface area contributed by atoms with Crippen molar-refractivity contribution in [1.82, 2.24) is 4.90 Å². The Morgan fingerprint density at radius 2 is 1.54 bits per heavy atom. The molecule has 0 aromatic heterocycles. The number of nitrogens with two attached hydrogens (primary N) is 1. The molecule has 0 spiro atoms. The van der Waals surface area contributed by atoms with Gasteiger partial charge in [-0.3, -0.25) is 14.5 Å². The molecule has 0 radical (unpaired) electrons. The van der Waals surface area contributed by atoms with Crippen molar-refractivity contribution in [3.05, 3.63) is 71.3 Å². The summed E-state index contributed by atoms with van der Waals surface area (Å²) in [7, 11) is 0. The summed E-state index contributed by atoms with van der Waals surface area (Å²) >= 11 is 0. The highest BCUT2D eigenvalue weighted by atomic mass is 16.5. The lowest BCUT2D eigenvalue weighted by molar-refractivity contribution is 0.0458. The van der Waals surface area contributed by atoms with E-state index < -0.39 is 24.0 Å². The molecule has 0 aliphatic carbocycles. The van der Waals surface area contributed by atoms with E-state index in [2.05, 4.69) is 0 Å². The van der Waals surface area contributed by atoms with Crippen LogP contribution in [0, 0.1) is 0 Å². The van der Waals surface area contributed by atoms with Crippen LogP contribution in [0.3, 0.4) is 0 Å². The van der Waals surface area contributed by atoms with Crippen molar-refractivity contribution in [3.63, 3.8) is 0 Å². The third-order valence-electron chi connectivity index (χ3n) is 4.45. The summed E-state index contributed by atoms with van der Waals surface area (Å²) in [5.41, 5.74) is 7.78. The molecule has 3 rings (SSSR count). The van der Waals surface area contributed by atoms with Crippen LogP contribution < -0.4 is 5.73 Å². The van der Waals surface area contributed by atoms with Gasteiger partial charge in [-0.2, -0.15) is 0 Å². The van der Waals surface area contributed by atoms with E-state index in [0.29, 0.717) is 30.8 Å². The Bertz CT molecular complexity index is 743. The van der Waals surface area contributed by atoms with Crippen LogP contribution in [-0.4, -0.2) is 47.1 Å². The van der Waals surface area contributed by atoms with Gasteiger partial charge in [0.25, 0.3) is 11.8 Å². The number of amides is 2. The zero-order chi connectivity index (χ0) is 18.5. The van der Waals surface area contributed by atoms with Crippen LogP contribution in [-0.2, 0) is 11.3 Å². The number of hydrogen-bond acceptors (Lipinski definition) is 5. The fourth-order valence-electron chi connectivity index (χ4n) is 2.90. The molecule has 2 aromatic rings. The van der Waals surface area contributed by atoms with E-state index in [1.165, 1.54) is 0 Å². The standard InChI is InChI=1S/C20H22N2O4/c21-17(10-11-26-13-14-6-2-1-3-7-14)18(23)12-22-19(24)15-8-4-5-9-16(15)20(22)25/h1-9,17-18,23H,10-13,21H2. The van der Waals surface area contributed by atoms with E-state index in [1.54, 1.807) is 24.3 Å². The monoisotopic (exact) mass is 354 g/mol. The third-order valence-corrected chi connectivity index (χ3v) is 4.45. The molecule has 6 nitrogen and oxygen atoms in total. The van der Waals surface area contributed by atoms with E-state index in [4.69, 9.17) is 10.5 Å². The Morgan fingerprint density at radius 3 is 2.15 bits per heavy atom. The number of imide groups is 1. The maximum Gasteiger partial charge on any atom is 0.261 e. The molecule has 2 aromatic carbocycles. The highest BCUT2D eigenvalue weighted by Crippen LogP contribution is 2.22. The van der Waals surface area contributed by atoms with Gasteiger partial charge in [0.05, 0.1) is 30.4 Å². The first-order valence-electron chi connectivity index (χ1n) is 8.58. The first kappa shape index (κ1) is 18.3. The Hall–Kier alpha value is -2.54. The van der Waals surface area contributed by atoms with Gasteiger partial charge in [-0.25, -0.2) is 0 Å². The quantitative estimate of drug-likeness (QED) is 0.555. The van der Waals surface area contributed by atoms with Crippen LogP contribution in [0.15, 0.2) is 54.6 Å². The topological polar surface area (TPSA) is 92.9 Å². The molecule has 0 saturated heterocycles. The van der Waals surface area contributed by atoms with Crippen molar-refractivity contribution in [1.29, 1.82) is 0 Å². The third kappa shape index (κ3) is 3.99. The van der Waals surface area contributed by atoms with Gasteiger partial charge < -0.3 is 15.6 Å². The maximum absolute atomic E-state index is 12.3. The first-order chi connectivity index (χ1) is 12.6. The molecule has 2 atom stereocenters. The zero-order valence-electron chi connectivity index (χ0n) is 14.4. The number of β-amino-alcohol motifs (C(OH)–C–C–N with tert-alkyl or cyclic N) is 1. The van der Waals surface area contributed by atoms with E-state index in [1.807, 2.05) is 30.3 Å². The van der Waals surface area contributed by atoms with Crippen LogP contribution in [0.4, 0.5) is 0 Å². The van der Waals surface area contributed by atoms with Gasteiger partial charge in [0.2, 0.25) is 0 Å².